The van der Waals surface area contributed by atoms with E-state index in [9.17, 15) is 9.90 Å². The Morgan fingerprint density at radius 2 is 2.00 bits per heavy atom. The number of para-hydroxylation sites is 1. The highest BCUT2D eigenvalue weighted by Crippen LogP contribution is 2.26. The molecule has 0 saturated carbocycles. The molecule has 0 fully saturated rings. The minimum absolute atomic E-state index is 0.337. The zero-order valence-corrected chi connectivity index (χ0v) is 17.7. The fourth-order valence-electron chi connectivity index (χ4n) is 4.12. The Hall–Kier alpha value is -3.18. The Labute approximate surface area is 181 Å². The second kappa shape index (κ2) is 9.75. The standard InChI is InChI=1S/C26H27NO4/c1-2-30-25(26(28)29)17-20-7-5-6-19-16-21(10-11-22(19)20)31-15-13-18-12-14-27-24-9-4-3-8-23(18)24/h3-11,16,25H,2,12-15,17H2,1H3,(H,28,29). The van der Waals surface area contributed by atoms with Gasteiger partial charge < -0.3 is 14.6 Å². The van der Waals surface area contributed by atoms with Gasteiger partial charge in [0.2, 0.25) is 0 Å². The molecule has 0 amide bonds. The van der Waals surface area contributed by atoms with Gasteiger partial charge in [-0.3, -0.25) is 4.99 Å². The highest BCUT2D eigenvalue weighted by molar-refractivity contribution is 5.87. The summed E-state index contributed by atoms with van der Waals surface area (Å²) >= 11 is 0. The number of carboxylic acid groups (broad SMARTS) is 1. The van der Waals surface area contributed by atoms with Gasteiger partial charge in [0.15, 0.2) is 6.10 Å². The van der Waals surface area contributed by atoms with Crippen LogP contribution in [0.3, 0.4) is 0 Å². The molecule has 1 unspecified atom stereocenters. The molecule has 1 aliphatic heterocycles. The van der Waals surface area contributed by atoms with Gasteiger partial charge in [-0.15, -0.1) is 0 Å². The molecule has 0 aromatic heterocycles. The lowest BCUT2D eigenvalue weighted by Crippen LogP contribution is -2.31. The van der Waals surface area contributed by atoms with Crippen LogP contribution in [0.4, 0.5) is 0 Å². The molecule has 31 heavy (non-hydrogen) atoms. The summed E-state index contributed by atoms with van der Waals surface area (Å²) in [7, 11) is 0. The first-order chi connectivity index (χ1) is 15.2. The molecule has 1 atom stereocenters. The van der Waals surface area contributed by atoms with E-state index in [-0.39, 0.29) is 0 Å². The molecule has 5 heteroatoms. The molecule has 0 bridgehead atoms. The van der Waals surface area contributed by atoms with Crippen molar-refractivity contribution in [3.8, 4) is 5.75 Å². The molecular formula is C26H27NO4. The van der Waals surface area contributed by atoms with Crippen molar-refractivity contribution >= 4 is 22.3 Å². The maximum absolute atomic E-state index is 11.5. The first-order valence-corrected chi connectivity index (χ1v) is 10.8. The average Bonchev–Trinajstić information content (AvgIpc) is 2.79. The van der Waals surface area contributed by atoms with E-state index in [1.54, 1.807) is 0 Å². The van der Waals surface area contributed by atoms with Crippen molar-refractivity contribution in [2.24, 2.45) is 4.99 Å². The molecule has 0 spiro atoms. The van der Waals surface area contributed by atoms with Crippen molar-refractivity contribution in [3.05, 3.63) is 76.8 Å². The van der Waals surface area contributed by atoms with Crippen molar-refractivity contribution in [1.82, 2.24) is 0 Å². The fourth-order valence-corrected chi connectivity index (χ4v) is 4.12. The summed E-state index contributed by atoms with van der Waals surface area (Å²) in [5, 5.41) is 13.8. The number of fused-ring (bicyclic) bond motifs is 2. The second-order valence-corrected chi connectivity index (χ2v) is 7.64. The zero-order valence-electron chi connectivity index (χ0n) is 17.7. The SMILES string of the molecule is CCOC(Cc1cccc2cc(OCCC3=c4ccccc4=NCC3)ccc12)C(=O)O. The van der Waals surface area contributed by atoms with Gasteiger partial charge in [0, 0.05) is 26.0 Å². The Balaban J connectivity index is 1.48. The van der Waals surface area contributed by atoms with Crippen LogP contribution in [0.1, 0.15) is 25.3 Å². The number of rotatable bonds is 9. The molecule has 1 heterocycles. The zero-order chi connectivity index (χ0) is 21.6. The highest BCUT2D eigenvalue weighted by Gasteiger charge is 2.19. The summed E-state index contributed by atoms with van der Waals surface area (Å²) in [6, 6.07) is 20.2. The minimum Gasteiger partial charge on any atom is -0.493 e. The van der Waals surface area contributed by atoms with Gasteiger partial charge in [-0.05, 0) is 53.1 Å². The van der Waals surface area contributed by atoms with E-state index >= 15 is 0 Å². The van der Waals surface area contributed by atoms with Crippen LogP contribution in [0.5, 0.6) is 5.75 Å². The number of hydrogen-bond donors (Lipinski definition) is 1. The molecule has 3 aromatic rings. The lowest BCUT2D eigenvalue weighted by molar-refractivity contribution is -0.149. The summed E-state index contributed by atoms with van der Waals surface area (Å²) in [5.74, 6) is -0.119. The number of carbonyl (C=O) groups is 1. The molecular weight excluding hydrogens is 390 g/mol. The van der Waals surface area contributed by atoms with E-state index in [1.165, 1.54) is 10.8 Å². The number of carboxylic acids is 1. The smallest absolute Gasteiger partial charge is 0.333 e. The largest absolute Gasteiger partial charge is 0.493 e. The first-order valence-electron chi connectivity index (χ1n) is 10.8. The van der Waals surface area contributed by atoms with E-state index in [2.05, 4.69) is 23.2 Å². The first kappa shape index (κ1) is 21.1. The monoisotopic (exact) mass is 417 g/mol. The molecule has 0 radical (unpaired) electrons. The normalized spacial score (nSPS) is 14.0. The summed E-state index contributed by atoms with van der Waals surface area (Å²) in [6.07, 6.45) is 1.35. The maximum atomic E-state index is 11.5. The Morgan fingerprint density at radius 3 is 2.84 bits per heavy atom. The quantitative estimate of drug-likeness (QED) is 0.579. The number of ether oxygens (including phenoxy) is 2. The van der Waals surface area contributed by atoms with Gasteiger partial charge in [-0.2, -0.15) is 0 Å². The van der Waals surface area contributed by atoms with E-state index in [4.69, 9.17) is 9.47 Å². The lowest BCUT2D eigenvalue weighted by Gasteiger charge is -2.15. The Morgan fingerprint density at radius 1 is 1.13 bits per heavy atom. The molecule has 160 valence electrons. The number of nitrogens with zero attached hydrogens (tertiary/aromatic N) is 1. The number of benzene rings is 3. The highest BCUT2D eigenvalue weighted by atomic mass is 16.5. The van der Waals surface area contributed by atoms with Crippen molar-refractivity contribution in [1.29, 1.82) is 0 Å². The molecule has 0 saturated heterocycles. The van der Waals surface area contributed by atoms with Crippen LogP contribution in [0.25, 0.3) is 16.3 Å². The van der Waals surface area contributed by atoms with Gasteiger partial charge in [0.25, 0.3) is 0 Å². The van der Waals surface area contributed by atoms with E-state index in [1.807, 2.05) is 49.4 Å². The Bertz CT molecular complexity index is 1200. The third kappa shape index (κ3) is 4.94. The van der Waals surface area contributed by atoms with Crippen LogP contribution in [0.15, 0.2) is 65.7 Å². The topological polar surface area (TPSA) is 68.1 Å². The van der Waals surface area contributed by atoms with Gasteiger partial charge in [0.05, 0.1) is 12.0 Å². The summed E-state index contributed by atoms with van der Waals surface area (Å²) in [5.41, 5.74) is 2.35. The molecule has 5 nitrogen and oxygen atoms in total. The molecule has 3 aromatic carbocycles. The number of aliphatic carboxylic acids is 1. The fraction of sp³-hybridized carbons (Fsp3) is 0.308. The van der Waals surface area contributed by atoms with E-state index in [0.717, 1.165) is 46.8 Å². The van der Waals surface area contributed by atoms with E-state index < -0.39 is 12.1 Å². The van der Waals surface area contributed by atoms with Gasteiger partial charge >= 0.3 is 5.97 Å². The van der Waals surface area contributed by atoms with Gasteiger partial charge in [-0.1, -0.05) is 48.0 Å². The number of hydrogen-bond acceptors (Lipinski definition) is 4. The molecule has 1 N–H and O–H groups in total. The third-order valence-electron chi connectivity index (χ3n) is 5.64. The summed E-state index contributed by atoms with van der Waals surface area (Å²) < 4.78 is 11.4. The van der Waals surface area contributed by atoms with Crippen LogP contribution < -0.4 is 15.3 Å². The summed E-state index contributed by atoms with van der Waals surface area (Å²) in [4.78, 5) is 16.0. The van der Waals surface area contributed by atoms with Crippen LogP contribution in [-0.4, -0.2) is 36.9 Å². The van der Waals surface area contributed by atoms with Crippen LogP contribution >= 0.6 is 0 Å². The van der Waals surface area contributed by atoms with Crippen LogP contribution in [-0.2, 0) is 16.0 Å². The van der Waals surface area contributed by atoms with Gasteiger partial charge in [-0.25, -0.2) is 4.79 Å². The third-order valence-corrected chi connectivity index (χ3v) is 5.64. The lowest BCUT2D eigenvalue weighted by atomic mass is 9.99. The minimum atomic E-state index is -0.937. The average molecular weight is 418 g/mol. The maximum Gasteiger partial charge on any atom is 0.333 e. The van der Waals surface area contributed by atoms with Crippen molar-refractivity contribution < 1.29 is 19.4 Å². The second-order valence-electron chi connectivity index (χ2n) is 7.64. The Kier molecular flexibility index (Phi) is 6.63. The molecule has 4 rings (SSSR count). The van der Waals surface area contributed by atoms with E-state index in [0.29, 0.717) is 19.6 Å². The molecule has 1 aliphatic rings. The van der Waals surface area contributed by atoms with Gasteiger partial charge in [0.1, 0.15) is 5.75 Å². The van der Waals surface area contributed by atoms with Crippen molar-refractivity contribution in [2.75, 3.05) is 19.8 Å². The van der Waals surface area contributed by atoms with Crippen LogP contribution in [0.2, 0.25) is 0 Å². The molecule has 0 aliphatic carbocycles. The summed E-state index contributed by atoms with van der Waals surface area (Å²) in [6.45, 7) is 3.63. The predicted octanol–water partition coefficient (Wildman–Crippen LogP) is 3.52. The van der Waals surface area contributed by atoms with Crippen molar-refractivity contribution in [3.63, 3.8) is 0 Å². The van der Waals surface area contributed by atoms with Crippen LogP contribution in [0, 0.1) is 0 Å². The predicted molar refractivity (Wildman–Crippen MR) is 121 cm³/mol. The van der Waals surface area contributed by atoms with Crippen molar-refractivity contribution in [2.45, 2.75) is 32.3 Å².